The fourth-order valence-corrected chi connectivity index (χ4v) is 3.86. The van der Waals surface area contributed by atoms with Crippen LogP contribution in [0.3, 0.4) is 0 Å². The molecule has 4 aromatic rings. The number of carbonyl (C=O) groups is 1. The highest BCUT2D eigenvalue weighted by Crippen LogP contribution is 2.31. The Bertz CT molecular complexity index is 1320. The van der Waals surface area contributed by atoms with Crippen LogP contribution < -0.4 is 16.0 Å². The number of fused-ring (bicyclic) bond motifs is 1. The molecule has 2 aromatic carbocycles. The summed E-state index contributed by atoms with van der Waals surface area (Å²) in [5.74, 6) is 1.94. The zero-order valence-electron chi connectivity index (χ0n) is 18.6. The van der Waals surface area contributed by atoms with Crippen LogP contribution in [-0.4, -0.2) is 32.6 Å². The smallest absolute Gasteiger partial charge is 0.231 e. The van der Waals surface area contributed by atoms with E-state index >= 15 is 0 Å². The number of anilines is 4. The first-order valence-corrected chi connectivity index (χ1v) is 11.0. The molecular weight excluding hydrogens is 432 g/mol. The van der Waals surface area contributed by atoms with Crippen LogP contribution in [0.2, 0.25) is 0 Å². The van der Waals surface area contributed by atoms with E-state index in [1.807, 2.05) is 55.5 Å². The maximum Gasteiger partial charge on any atom is 0.231 e. The second-order valence-corrected chi connectivity index (χ2v) is 8.07. The van der Waals surface area contributed by atoms with Gasteiger partial charge in [-0.2, -0.15) is 4.98 Å². The summed E-state index contributed by atoms with van der Waals surface area (Å²) in [6.45, 7) is 1.69. The summed E-state index contributed by atoms with van der Waals surface area (Å²) in [7, 11) is 0. The zero-order chi connectivity index (χ0) is 23.5. The predicted octanol–water partition coefficient (Wildman–Crippen LogP) is 4.21. The highest BCUT2D eigenvalue weighted by Gasteiger charge is 2.19. The summed E-state index contributed by atoms with van der Waals surface area (Å²) in [4.78, 5) is 25.1. The minimum absolute atomic E-state index is 0.0291. The third-order valence-corrected chi connectivity index (χ3v) is 5.59. The summed E-state index contributed by atoms with van der Waals surface area (Å²) in [5.41, 5.74) is 4.19. The number of aryl methyl sites for hydroxylation is 2. The van der Waals surface area contributed by atoms with E-state index in [9.17, 15) is 9.90 Å². The van der Waals surface area contributed by atoms with Crippen molar-refractivity contribution in [3.8, 4) is 11.5 Å². The minimum atomic E-state index is -0.383. The number of nitrogens with one attached hydrogen (secondary N) is 3. The van der Waals surface area contributed by atoms with E-state index in [-0.39, 0.29) is 18.6 Å². The minimum Gasteiger partial charge on any atom is -0.441 e. The van der Waals surface area contributed by atoms with Gasteiger partial charge in [0.05, 0.1) is 24.4 Å². The van der Waals surface area contributed by atoms with Gasteiger partial charge in [-0.25, -0.2) is 9.97 Å². The molecule has 0 saturated heterocycles. The van der Waals surface area contributed by atoms with Crippen LogP contribution in [0.1, 0.15) is 29.3 Å². The predicted molar refractivity (Wildman–Crippen MR) is 129 cm³/mol. The Hall–Kier alpha value is -4.24. The Morgan fingerprint density at radius 3 is 2.74 bits per heavy atom. The average Bonchev–Trinajstić information content (AvgIpc) is 3.29. The fourth-order valence-electron chi connectivity index (χ4n) is 3.86. The van der Waals surface area contributed by atoms with Crippen LogP contribution in [0, 0.1) is 6.92 Å². The monoisotopic (exact) mass is 456 g/mol. The molecule has 5 rings (SSSR count). The molecule has 172 valence electrons. The van der Waals surface area contributed by atoms with Gasteiger partial charge in [0.1, 0.15) is 11.6 Å². The standard InChI is InChI=1S/C25H24N6O3/c1-15-12-26-24(34-15)19-13-27-25(28-18-8-9-20-17(11-18)7-10-22(33)29-20)31-23(19)30-21(14-32)16-5-3-2-4-6-16/h2-6,8-9,11-13,21,32H,7,10,14H2,1H3,(H,29,33)(H2,27,28,30,31)/t21-/m1/s1. The Kier molecular flexibility index (Phi) is 5.92. The van der Waals surface area contributed by atoms with Gasteiger partial charge in [-0.05, 0) is 42.7 Å². The lowest BCUT2D eigenvalue weighted by atomic mass is 10.0. The molecule has 3 heterocycles. The number of nitrogens with zero attached hydrogens (tertiary/aromatic N) is 3. The van der Waals surface area contributed by atoms with E-state index < -0.39 is 0 Å². The summed E-state index contributed by atoms with van der Waals surface area (Å²) in [6, 6.07) is 15.0. The summed E-state index contributed by atoms with van der Waals surface area (Å²) in [5, 5.41) is 19.5. The molecule has 0 radical (unpaired) electrons. The normalized spacial score (nSPS) is 13.6. The van der Waals surface area contributed by atoms with E-state index in [4.69, 9.17) is 4.42 Å². The number of aliphatic hydroxyl groups excluding tert-OH is 1. The van der Waals surface area contributed by atoms with Gasteiger partial charge in [-0.15, -0.1) is 0 Å². The SMILES string of the molecule is Cc1cnc(-c2cnc(Nc3ccc4c(c3)CCC(=O)N4)nc2N[C@H](CO)c2ccccc2)o1. The van der Waals surface area contributed by atoms with E-state index in [1.54, 1.807) is 12.4 Å². The molecule has 9 nitrogen and oxygen atoms in total. The van der Waals surface area contributed by atoms with Crippen LogP contribution in [0.25, 0.3) is 11.5 Å². The molecule has 0 aliphatic carbocycles. The second-order valence-electron chi connectivity index (χ2n) is 8.07. The van der Waals surface area contributed by atoms with Crippen molar-refractivity contribution in [3.63, 3.8) is 0 Å². The number of amides is 1. The van der Waals surface area contributed by atoms with Crippen LogP contribution >= 0.6 is 0 Å². The van der Waals surface area contributed by atoms with Crippen LogP contribution in [-0.2, 0) is 11.2 Å². The molecule has 9 heteroatoms. The maximum atomic E-state index is 11.6. The van der Waals surface area contributed by atoms with Gasteiger partial charge in [0.2, 0.25) is 17.7 Å². The highest BCUT2D eigenvalue weighted by atomic mass is 16.4. The van der Waals surface area contributed by atoms with Crippen molar-refractivity contribution in [2.75, 3.05) is 22.6 Å². The average molecular weight is 457 g/mol. The summed E-state index contributed by atoms with van der Waals surface area (Å²) < 4.78 is 5.71. The van der Waals surface area contributed by atoms with E-state index in [2.05, 4.69) is 30.9 Å². The molecule has 0 bridgehead atoms. The van der Waals surface area contributed by atoms with Crippen molar-refractivity contribution in [2.24, 2.45) is 0 Å². The lowest BCUT2D eigenvalue weighted by Crippen LogP contribution is -2.19. The molecule has 2 aromatic heterocycles. The quantitative estimate of drug-likeness (QED) is 0.326. The number of benzene rings is 2. The molecule has 4 N–H and O–H groups in total. The third-order valence-electron chi connectivity index (χ3n) is 5.59. The first kappa shape index (κ1) is 21.6. The van der Waals surface area contributed by atoms with Crippen molar-refractivity contribution in [1.82, 2.24) is 15.0 Å². The largest absolute Gasteiger partial charge is 0.441 e. The first-order valence-electron chi connectivity index (χ1n) is 11.0. The zero-order valence-corrected chi connectivity index (χ0v) is 18.6. The van der Waals surface area contributed by atoms with Gasteiger partial charge in [-0.3, -0.25) is 4.79 Å². The number of hydrogen-bond acceptors (Lipinski definition) is 8. The van der Waals surface area contributed by atoms with Crippen molar-refractivity contribution >= 4 is 29.0 Å². The molecular formula is C25H24N6O3. The number of hydrogen-bond donors (Lipinski definition) is 4. The van der Waals surface area contributed by atoms with Crippen LogP contribution in [0.4, 0.5) is 23.1 Å². The van der Waals surface area contributed by atoms with Gasteiger partial charge in [0.15, 0.2) is 0 Å². The molecule has 0 saturated carbocycles. The maximum absolute atomic E-state index is 11.6. The van der Waals surface area contributed by atoms with Crippen LogP contribution in [0.5, 0.6) is 0 Å². The third kappa shape index (κ3) is 4.60. The second kappa shape index (κ2) is 9.32. The Morgan fingerprint density at radius 2 is 1.97 bits per heavy atom. The molecule has 34 heavy (non-hydrogen) atoms. The van der Waals surface area contributed by atoms with E-state index in [1.165, 1.54) is 0 Å². The number of carbonyl (C=O) groups excluding carboxylic acids is 1. The number of aromatic nitrogens is 3. The van der Waals surface area contributed by atoms with Gasteiger partial charge >= 0.3 is 0 Å². The van der Waals surface area contributed by atoms with Crippen molar-refractivity contribution in [2.45, 2.75) is 25.8 Å². The molecule has 1 atom stereocenters. The fraction of sp³-hybridized carbons (Fsp3) is 0.200. The Balaban J connectivity index is 1.47. The molecule has 0 spiro atoms. The lowest BCUT2D eigenvalue weighted by Gasteiger charge is -2.20. The Morgan fingerprint density at radius 1 is 1.12 bits per heavy atom. The molecule has 1 amide bonds. The number of aliphatic hydroxyl groups is 1. The molecule has 0 fully saturated rings. The summed E-state index contributed by atoms with van der Waals surface area (Å²) in [6.07, 6.45) is 4.42. The van der Waals surface area contributed by atoms with Crippen LogP contribution in [0.15, 0.2) is 65.3 Å². The van der Waals surface area contributed by atoms with Crippen molar-refractivity contribution < 1.29 is 14.3 Å². The van der Waals surface area contributed by atoms with Gasteiger partial charge < -0.3 is 25.5 Å². The van der Waals surface area contributed by atoms with Gasteiger partial charge in [0, 0.05) is 24.0 Å². The van der Waals surface area contributed by atoms with E-state index in [0.29, 0.717) is 41.8 Å². The van der Waals surface area contributed by atoms with Gasteiger partial charge in [0.25, 0.3) is 0 Å². The highest BCUT2D eigenvalue weighted by molar-refractivity contribution is 5.94. The molecule has 1 aliphatic heterocycles. The van der Waals surface area contributed by atoms with E-state index in [0.717, 1.165) is 22.5 Å². The lowest BCUT2D eigenvalue weighted by molar-refractivity contribution is -0.116. The molecule has 0 unspecified atom stereocenters. The summed E-state index contributed by atoms with van der Waals surface area (Å²) >= 11 is 0. The van der Waals surface area contributed by atoms with Crippen molar-refractivity contribution in [3.05, 3.63) is 77.8 Å². The molecule has 1 aliphatic rings. The number of rotatable bonds is 7. The van der Waals surface area contributed by atoms with Crippen molar-refractivity contribution in [1.29, 1.82) is 0 Å². The number of oxazole rings is 1. The topological polar surface area (TPSA) is 125 Å². The first-order chi connectivity index (χ1) is 16.6. The van der Waals surface area contributed by atoms with Gasteiger partial charge in [-0.1, -0.05) is 30.3 Å². The Labute approximate surface area is 196 Å².